The molecule has 1 saturated heterocycles. The zero-order valence-corrected chi connectivity index (χ0v) is 13.8. The van der Waals surface area contributed by atoms with Gasteiger partial charge in [0.25, 0.3) is 0 Å². The van der Waals surface area contributed by atoms with Crippen LogP contribution in [0.3, 0.4) is 0 Å². The zero-order valence-electron chi connectivity index (χ0n) is 13.8. The van der Waals surface area contributed by atoms with Gasteiger partial charge in [-0.3, -0.25) is 0 Å². The second-order valence-electron chi connectivity index (χ2n) is 6.28. The fourth-order valence-electron chi connectivity index (χ4n) is 2.70. The Kier molecular flexibility index (Phi) is 6.74. The summed E-state index contributed by atoms with van der Waals surface area (Å²) >= 11 is 0. The average molecular weight is 294 g/mol. The molecule has 0 spiro atoms. The number of piperidine rings is 1. The van der Waals surface area contributed by atoms with Gasteiger partial charge in [-0.2, -0.15) is 0 Å². The van der Waals surface area contributed by atoms with Gasteiger partial charge in [0, 0.05) is 24.7 Å². The van der Waals surface area contributed by atoms with Gasteiger partial charge in [0.15, 0.2) is 0 Å². The van der Waals surface area contributed by atoms with Gasteiger partial charge < -0.3 is 19.4 Å². The molecule has 0 unspecified atom stereocenters. The number of likely N-dealkylation sites (tertiary alicyclic amines) is 1. The topological polar surface area (TPSA) is 37.6 Å². The Balaban J connectivity index is 1.67. The number of nitrogens with zero attached hydrogens (tertiary/aromatic N) is 1. The molecule has 0 radical (unpaired) electrons. The van der Waals surface area contributed by atoms with Crippen LogP contribution >= 0.6 is 0 Å². The van der Waals surface area contributed by atoms with Crippen LogP contribution in [0.2, 0.25) is 0 Å². The molecule has 1 aliphatic heterocycles. The lowest BCUT2D eigenvalue weighted by molar-refractivity contribution is 0.0761. The molecule has 21 heavy (non-hydrogen) atoms. The minimum absolute atomic E-state index is 0.489. The van der Waals surface area contributed by atoms with E-state index in [4.69, 9.17) is 9.15 Å². The van der Waals surface area contributed by atoms with Gasteiger partial charge in [-0.15, -0.1) is 0 Å². The van der Waals surface area contributed by atoms with Crippen LogP contribution in [0.1, 0.15) is 50.2 Å². The first kappa shape index (κ1) is 16.5. The van der Waals surface area contributed by atoms with Crippen molar-refractivity contribution in [2.75, 3.05) is 26.2 Å². The van der Waals surface area contributed by atoms with Crippen molar-refractivity contribution in [3.05, 3.63) is 23.2 Å². The Hall–Kier alpha value is -0.840. The van der Waals surface area contributed by atoms with Crippen molar-refractivity contribution >= 4 is 0 Å². The molecular weight excluding hydrogens is 264 g/mol. The van der Waals surface area contributed by atoms with E-state index in [0.29, 0.717) is 12.6 Å². The minimum Gasteiger partial charge on any atom is -0.464 e. The molecule has 1 fully saturated rings. The third-order valence-corrected chi connectivity index (χ3v) is 4.02. The van der Waals surface area contributed by atoms with Crippen LogP contribution in [0.5, 0.6) is 0 Å². The van der Waals surface area contributed by atoms with Gasteiger partial charge in [0.05, 0.1) is 6.61 Å². The molecule has 2 rings (SSSR count). The number of aryl methyl sites for hydroxylation is 1. The molecule has 0 saturated carbocycles. The van der Waals surface area contributed by atoms with Crippen molar-refractivity contribution in [1.82, 2.24) is 10.2 Å². The molecule has 120 valence electrons. The van der Waals surface area contributed by atoms with Crippen molar-refractivity contribution < 1.29 is 9.15 Å². The lowest BCUT2D eigenvalue weighted by Crippen LogP contribution is -2.32. The van der Waals surface area contributed by atoms with E-state index in [2.05, 4.69) is 30.1 Å². The highest BCUT2D eigenvalue weighted by atomic mass is 16.5. The Bertz CT molecular complexity index is 409. The summed E-state index contributed by atoms with van der Waals surface area (Å²) in [5.41, 5.74) is 1.23. The van der Waals surface area contributed by atoms with Crippen molar-refractivity contribution in [2.24, 2.45) is 0 Å². The molecule has 0 aliphatic carbocycles. The third-order valence-electron chi connectivity index (χ3n) is 4.02. The Morgan fingerprint density at radius 1 is 1.29 bits per heavy atom. The Morgan fingerprint density at radius 3 is 2.76 bits per heavy atom. The molecule has 4 nitrogen and oxygen atoms in total. The van der Waals surface area contributed by atoms with Crippen molar-refractivity contribution in [3.63, 3.8) is 0 Å². The monoisotopic (exact) mass is 294 g/mol. The number of furan rings is 1. The van der Waals surface area contributed by atoms with E-state index in [1.54, 1.807) is 0 Å². The number of hydrogen-bond acceptors (Lipinski definition) is 4. The maximum atomic E-state index is 5.76. The van der Waals surface area contributed by atoms with Gasteiger partial charge in [-0.25, -0.2) is 0 Å². The Morgan fingerprint density at radius 2 is 2.05 bits per heavy atom. The zero-order chi connectivity index (χ0) is 15.1. The van der Waals surface area contributed by atoms with E-state index >= 15 is 0 Å². The highest BCUT2D eigenvalue weighted by molar-refractivity contribution is 5.20. The standard InChI is InChI=1S/C17H30N2O2/c1-14(2)18-12-16-11-17(21-15(16)3)13-20-10-9-19-7-5-4-6-8-19/h11,14,18H,4-10,12-13H2,1-3H3. The Labute approximate surface area is 128 Å². The lowest BCUT2D eigenvalue weighted by Gasteiger charge is -2.25. The summed E-state index contributed by atoms with van der Waals surface area (Å²) in [6.45, 7) is 12.1. The van der Waals surface area contributed by atoms with E-state index in [1.807, 2.05) is 6.92 Å². The number of hydrogen-bond donors (Lipinski definition) is 1. The fourth-order valence-corrected chi connectivity index (χ4v) is 2.70. The summed E-state index contributed by atoms with van der Waals surface area (Å²) in [5.74, 6) is 1.93. The van der Waals surface area contributed by atoms with Crippen LogP contribution in [0.25, 0.3) is 0 Å². The first-order chi connectivity index (χ1) is 10.1. The van der Waals surface area contributed by atoms with E-state index in [1.165, 1.54) is 37.9 Å². The van der Waals surface area contributed by atoms with Gasteiger partial charge in [0.2, 0.25) is 0 Å². The first-order valence-electron chi connectivity index (χ1n) is 8.27. The first-order valence-corrected chi connectivity index (χ1v) is 8.27. The normalized spacial score (nSPS) is 16.8. The van der Waals surface area contributed by atoms with E-state index < -0.39 is 0 Å². The highest BCUT2D eigenvalue weighted by Crippen LogP contribution is 2.15. The van der Waals surface area contributed by atoms with Crippen molar-refractivity contribution in [2.45, 2.75) is 59.2 Å². The van der Waals surface area contributed by atoms with E-state index in [0.717, 1.165) is 31.2 Å². The van der Waals surface area contributed by atoms with Crippen molar-refractivity contribution in [3.8, 4) is 0 Å². The predicted octanol–water partition coefficient (Wildman–Crippen LogP) is 3.09. The molecule has 1 aromatic rings. The average Bonchev–Trinajstić information content (AvgIpc) is 2.83. The molecule has 1 aromatic heterocycles. The summed E-state index contributed by atoms with van der Waals surface area (Å²) in [7, 11) is 0. The molecule has 2 heterocycles. The largest absolute Gasteiger partial charge is 0.464 e. The van der Waals surface area contributed by atoms with Crippen LogP contribution in [-0.4, -0.2) is 37.2 Å². The van der Waals surface area contributed by atoms with E-state index in [9.17, 15) is 0 Å². The number of nitrogens with one attached hydrogen (secondary N) is 1. The molecule has 0 amide bonds. The molecular formula is C17H30N2O2. The van der Waals surface area contributed by atoms with Gasteiger partial charge in [-0.05, 0) is 38.9 Å². The molecule has 0 atom stereocenters. The maximum absolute atomic E-state index is 5.76. The maximum Gasteiger partial charge on any atom is 0.130 e. The van der Waals surface area contributed by atoms with Crippen LogP contribution in [0.4, 0.5) is 0 Å². The molecule has 4 heteroatoms. The quantitative estimate of drug-likeness (QED) is 0.748. The molecule has 0 bridgehead atoms. The van der Waals surface area contributed by atoms with Crippen LogP contribution in [0.15, 0.2) is 10.5 Å². The number of rotatable bonds is 8. The van der Waals surface area contributed by atoms with Gasteiger partial charge in [0.1, 0.15) is 18.1 Å². The summed E-state index contributed by atoms with van der Waals surface area (Å²) < 4.78 is 11.5. The van der Waals surface area contributed by atoms with Gasteiger partial charge >= 0.3 is 0 Å². The van der Waals surface area contributed by atoms with Crippen LogP contribution in [-0.2, 0) is 17.9 Å². The van der Waals surface area contributed by atoms with Crippen LogP contribution in [0, 0.1) is 6.92 Å². The summed E-state index contributed by atoms with van der Waals surface area (Å²) in [4.78, 5) is 2.49. The summed E-state index contributed by atoms with van der Waals surface area (Å²) in [5, 5.41) is 3.42. The molecule has 1 N–H and O–H groups in total. The second-order valence-corrected chi connectivity index (χ2v) is 6.28. The van der Waals surface area contributed by atoms with E-state index in [-0.39, 0.29) is 0 Å². The fraction of sp³-hybridized carbons (Fsp3) is 0.765. The smallest absolute Gasteiger partial charge is 0.130 e. The third kappa shape index (κ3) is 5.81. The predicted molar refractivity (Wildman–Crippen MR) is 85.4 cm³/mol. The molecule has 0 aromatic carbocycles. The highest BCUT2D eigenvalue weighted by Gasteiger charge is 2.10. The minimum atomic E-state index is 0.489. The van der Waals surface area contributed by atoms with Gasteiger partial charge in [-0.1, -0.05) is 20.3 Å². The number of ether oxygens (including phenoxy) is 1. The molecule has 1 aliphatic rings. The SMILES string of the molecule is Cc1oc(COCCN2CCCCC2)cc1CNC(C)C. The van der Waals surface area contributed by atoms with Crippen molar-refractivity contribution in [1.29, 1.82) is 0 Å². The summed E-state index contributed by atoms with van der Waals surface area (Å²) in [6, 6.07) is 2.61. The second kappa shape index (κ2) is 8.57. The summed E-state index contributed by atoms with van der Waals surface area (Å²) in [6.07, 6.45) is 4.06. The lowest BCUT2D eigenvalue weighted by atomic mass is 10.1. The van der Waals surface area contributed by atoms with Crippen LogP contribution < -0.4 is 5.32 Å².